The van der Waals surface area contributed by atoms with Gasteiger partial charge in [0.25, 0.3) is 5.91 Å². The van der Waals surface area contributed by atoms with Crippen LogP contribution in [0.3, 0.4) is 0 Å². The Bertz CT molecular complexity index is 968. The molecule has 1 amide bonds. The van der Waals surface area contributed by atoms with Crippen molar-refractivity contribution in [2.45, 2.75) is 25.9 Å². The van der Waals surface area contributed by atoms with Gasteiger partial charge in [-0.15, -0.1) is 0 Å². The minimum absolute atomic E-state index is 0.0744. The number of aromatic nitrogens is 3. The summed E-state index contributed by atoms with van der Waals surface area (Å²) < 4.78 is 1.99. The van der Waals surface area contributed by atoms with Gasteiger partial charge in [-0.2, -0.15) is 5.10 Å². The fraction of sp³-hybridized carbons (Fsp3) is 0.350. The summed E-state index contributed by atoms with van der Waals surface area (Å²) in [5.41, 5.74) is 3.88. The van der Waals surface area contributed by atoms with Gasteiger partial charge in [0.15, 0.2) is 5.69 Å². The van der Waals surface area contributed by atoms with E-state index >= 15 is 0 Å². The molecule has 4 heterocycles. The summed E-state index contributed by atoms with van der Waals surface area (Å²) in [5.74, 6) is 0.0744. The molecule has 0 bridgehead atoms. The predicted molar refractivity (Wildman–Crippen MR) is 100 cm³/mol. The summed E-state index contributed by atoms with van der Waals surface area (Å²) in [6, 6.07) is 12.3. The maximum Gasteiger partial charge on any atom is 0.274 e. The Hall–Kier alpha value is -2.89. The lowest BCUT2D eigenvalue weighted by Crippen LogP contribution is -2.34. The van der Waals surface area contributed by atoms with Gasteiger partial charge in [-0.05, 0) is 31.0 Å². The van der Waals surface area contributed by atoms with E-state index in [0.29, 0.717) is 5.69 Å². The lowest BCUT2D eigenvalue weighted by molar-refractivity contribution is 0.0786. The van der Waals surface area contributed by atoms with Crippen molar-refractivity contribution in [1.82, 2.24) is 19.7 Å². The Morgan fingerprint density at radius 3 is 2.73 bits per heavy atom. The van der Waals surface area contributed by atoms with E-state index in [-0.39, 0.29) is 5.91 Å². The molecule has 0 N–H and O–H groups in total. The van der Waals surface area contributed by atoms with Crippen LogP contribution in [0, 0.1) is 0 Å². The maximum absolute atomic E-state index is 12.6. The van der Waals surface area contributed by atoms with E-state index < -0.39 is 0 Å². The van der Waals surface area contributed by atoms with E-state index in [1.165, 1.54) is 5.69 Å². The van der Waals surface area contributed by atoms with E-state index in [9.17, 15) is 4.79 Å². The van der Waals surface area contributed by atoms with Crippen molar-refractivity contribution in [1.29, 1.82) is 0 Å². The quantitative estimate of drug-likeness (QED) is 0.715. The number of rotatable bonds is 2. The molecule has 132 valence electrons. The number of pyridine rings is 1. The van der Waals surface area contributed by atoms with Crippen LogP contribution in [-0.4, -0.2) is 45.2 Å². The Kier molecular flexibility index (Phi) is 3.62. The molecule has 0 atom stereocenters. The lowest BCUT2D eigenvalue weighted by Gasteiger charge is -2.30. The number of fused-ring (bicyclic) bond motifs is 2. The average Bonchev–Trinajstić information content (AvgIpc) is 3.36. The lowest BCUT2D eigenvalue weighted by atomic mass is 10.1. The smallest absolute Gasteiger partial charge is 0.274 e. The molecule has 1 fully saturated rings. The number of likely N-dealkylation sites (tertiary alicyclic amines) is 1. The van der Waals surface area contributed by atoms with Crippen LogP contribution in [0.1, 0.15) is 29.0 Å². The number of nitrogens with zero attached hydrogens (tertiary/aromatic N) is 5. The number of carbonyl (C=O) groups excluding carboxylic acids is 1. The van der Waals surface area contributed by atoms with Gasteiger partial charge in [-0.3, -0.25) is 14.5 Å². The highest BCUT2D eigenvalue weighted by Crippen LogP contribution is 2.28. The normalized spacial score (nSPS) is 16.9. The first-order valence-corrected chi connectivity index (χ1v) is 9.24. The summed E-state index contributed by atoms with van der Waals surface area (Å²) in [7, 11) is 0. The third-order valence-corrected chi connectivity index (χ3v) is 5.38. The molecular weight excluding hydrogens is 326 g/mol. The Morgan fingerprint density at radius 1 is 1.00 bits per heavy atom. The third-order valence-electron chi connectivity index (χ3n) is 5.38. The van der Waals surface area contributed by atoms with Gasteiger partial charge in [0, 0.05) is 36.9 Å². The zero-order valence-electron chi connectivity index (χ0n) is 14.6. The van der Waals surface area contributed by atoms with E-state index in [1.807, 2.05) is 34.0 Å². The van der Waals surface area contributed by atoms with Gasteiger partial charge in [0.1, 0.15) is 0 Å². The fourth-order valence-electron chi connectivity index (χ4n) is 4.02. The van der Waals surface area contributed by atoms with Crippen LogP contribution < -0.4 is 4.90 Å². The number of hydrogen-bond acceptors (Lipinski definition) is 4. The molecule has 0 aliphatic carbocycles. The standard InChI is InChI=1S/C20H21N5O/c26-20(23-9-3-4-10-23)18-13-15-14-24(11-12-25(15)22-18)19-7-8-21-17-6-2-1-5-16(17)19/h1-2,5-8,13H,3-4,9-12,14H2. The number of carbonyl (C=O) groups is 1. The van der Waals surface area contributed by atoms with E-state index in [0.717, 1.165) is 62.2 Å². The summed E-state index contributed by atoms with van der Waals surface area (Å²) in [6.07, 6.45) is 4.07. The first kappa shape index (κ1) is 15.4. The molecule has 26 heavy (non-hydrogen) atoms. The van der Waals surface area contributed by atoms with Crippen LogP contribution in [0.5, 0.6) is 0 Å². The Morgan fingerprint density at radius 2 is 1.85 bits per heavy atom. The molecule has 3 aromatic rings. The van der Waals surface area contributed by atoms with Crippen LogP contribution in [-0.2, 0) is 13.1 Å². The molecule has 5 rings (SSSR count). The van der Waals surface area contributed by atoms with Gasteiger partial charge in [0.2, 0.25) is 0 Å². The van der Waals surface area contributed by atoms with Gasteiger partial charge in [-0.25, -0.2) is 0 Å². The SMILES string of the molecule is O=C(c1cc2n(n1)CCN(c1ccnc3ccccc13)C2)N1CCCC1. The molecule has 2 aliphatic rings. The highest BCUT2D eigenvalue weighted by molar-refractivity contribution is 5.93. The highest BCUT2D eigenvalue weighted by Gasteiger charge is 2.26. The van der Waals surface area contributed by atoms with Gasteiger partial charge in [0.05, 0.1) is 24.3 Å². The first-order chi connectivity index (χ1) is 12.8. The van der Waals surface area contributed by atoms with Gasteiger partial charge >= 0.3 is 0 Å². The molecule has 0 spiro atoms. The van der Waals surface area contributed by atoms with Crippen molar-refractivity contribution in [2.75, 3.05) is 24.5 Å². The molecule has 2 aromatic heterocycles. The first-order valence-electron chi connectivity index (χ1n) is 9.24. The molecule has 1 aromatic carbocycles. The van der Waals surface area contributed by atoms with Crippen LogP contribution in [0.25, 0.3) is 10.9 Å². The van der Waals surface area contributed by atoms with Gasteiger partial charge < -0.3 is 9.80 Å². The summed E-state index contributed by atoms with van der Waals surface area (Å²) in [4.78, 5) is 21.3. The van der Waals surface area contributed by atoms with Crippen LogP contribution >= 0.6 is 0 Å². The zero-order valence-corrected chi connectivity index (χ0v) is 14.6. The molecular formula is C20H21N5O. The maximum atomic E-state index is 12.6. The van der Waals surface area contributed by atoms with Crippen LogP contribution in [0.15, 0.2) is 42.6 Å². The van der Waals surface area contributed by atoms with Crippen LogP contribution in [0.4, 0.5) is 5.69 Å². The second-order valence-corrected chi connectivity index (χ2v) is 7.01. The van der Waals surface area contributed by atoms with E-state index in [1.54, 1.807) is 0 Å². The summed E-state index contributed by atoms with van der Waals surface area (Å²) in [5, 5.41) is 5.74. The van der Waals surface area contributed by atoms with Gasteiger partial charge in [-0.1, -0.05) is 18.2 Å². The van der Waals surface area contributed by atoms with Crippen molar-refractivity contribution in [3.8, 4) is 0 Å². The predicted octanol–water partition coefficient (Wildman–Crippen LogP) is 2.69. The van der Waals surface area contributed by atoms with Crippen molar-refractivity contribution in [3.63, 3.8) is 0 Å². The minimum atomic E-state index is 0.0744. The van der Waals surface area contributed by atoms with E-state index in [4.69, 9.17) is 0 Å². The second kappa shape index (κ2) is 6.12. The molecule has 0 radical (unpaired) electrons. The highest BCUT2D eigenvalue weighted by atomic mass is 16.2. The van der Waals surface area contributed by atoms with Crippen LogP contribution in [0.2, 0.25) is 0 Å². The fourth-order valence-corrected chi connectivity index (χ4v) is 4.02. The third kappa shape index (κ3) is 2.53. The van der Waals surface area contributed by atoms with E-state index in [2.05, 4.69) is 33.2 Å². The number of anilines is 1. The number of benzene rings is 1. The number of amides is 1. The van der Waals surface area contributed by atoms with Crippen molar-refractivity contribution in [2.24, 2.45) is 0 Å². The summed E-state index contributed by atoms with van der Waals surface area (Å²) in [6.45, 7) is 4.14. The summed E-state index contributed by atoms with van der Waals surface area (Å²) >= 11 is 0. The van der Waals surface area contributed by atoms with Crippen molar-refractivity contribution in [3.05, 3.63) is 54.0 Å². The topological polar surface area (TPSA) is 54.3 Å². The number of hydrogen-bond donors (Lipinski definition) is 0. The Balaban J connectivity index is 1.44. The molecule has 6 nitrogen and oxygen atoms in total. The molecule has 6 heteroatoms. The molecule has 2 aliphatic heterocycles. The second-order valence-electron chi connectivity index (χ2n) is 7.01. The number of para-hydroxylation sites is 1. The molecule has 0 saturated carbocycles. The molecule has 0 unspecified atom stereocenters. The van der Waals surface area contributed by atoms with Crippen molar-refractivity contribution >= 4 is 22.5 Å². The zero-order chi connectivity index (χ0) is 17.5. The monoisotopic (exact) mass is 347 g/mol. The minimum Gasteiger partial charge on any atom is -0.363 e. The molecule has 1 saturated heterocycles. The Labute approximate surface area is 152 Å². The average molecular weight is 347 g/mol. The largest absolute Gasteiger partial charge is 0.363 e. The van der Waals surface area contributed by atoms with Crippen molar-refractivity contribution < 1.29 is 4.79 Å².